The molecule has 0 aromatic heterocycles. The van der Waals surface area contributed by atoms with Crippen LogP contribution in [0.5, 0.6) is 0 Å². The first-order valence-corrected chi connectivity index (χ1v) is 4.32. The smallest absolute Gasteiger partial charge is 0.0672 e. The number of hydrogen-bond donors (Lipinski definition) is 0. The Morgan fingerprint density at radius 2 is 1.91 bits per heavy atom. The molecule has 1 fully saturated rings. The van der Waals surface area contributed by atoms with Gasteiger partial charge >= 0.3 is 0 Å². The summed E-state index contributed by atoms with van der Waals surface area (Å²) in [7, 11) is 2.06. The zero-order chi connectivity index (χ0) is 8.85. The van der Waals surface area contributed by atoms with Crippen molar-refractivity contribution in [1.29, 1.82) is 5.26 Å². The van der Waals surface area contributed by atoms with Crippen LogP contribution in [0.25, 0.3) is 0 Å². The molecule has 0 radical (unpaired) electrons. The lowest BCUT2D eigenvalue weighted by Gasteiger charge is -2.02. The van der Waals surface area contributed by atoms with E-state index < -0.39 is 0 Å². The molecule has 0 aliphatic carbocycles. The summed E-state index contributed by atoms with van der Waals surface area (Å²) in [5.74, 6) is 0.843. The fraction of sp³-hybridized carbons (Fsp3) is 0.889. The Hall–Kier alpha value is -0.550. The molecule has 2 unspecified atom stereocenters. The van der Waals surface area contributed by atoms with Crippen LogP contribution in [0.4, 0.5) is 0 Å². The maximum atomic E-state index is 8.58. The van der Waals surface area contributed by atoms with Crippen molar-refractivity contribution < 1.29 is 0 Å². The van der Waals surface area contributed by atoms with Gasteiger partial charge in [-0.1, -0.05) is 20.8 Å². The van der Waals surface area contributed by atoms with E-state index in [0.717, 1.165) is 13.1 Å². The second-order valence-corrected chi connectivity index (χ2v) is 2.93. The van der Waals surface area contributed by atoms with E-state index in [2.05, 4.69) is 24.9 Å². The van der Waals surface area contributed by atoms with E-state index in [1.54, 1.807) is 0 Å². The van der Waals surface area contributed by atoms with Gasteiger partial charge in [-0.15, -0.1) is 0 Å². The van der Waals surface area contributed by atoms with E-state index in [0.29, 0.717) is 5.92 Å². The van der Waals surface area contributed by atoms with Crippen LogP contribution in [0.1, 0.15) is 20.8 Å². The van der Waals surface area contributed by atoms with Gasteiger partial charge in [-0.25, -0.2) is 0 Å². The standard InChI is InChI=1S/C7H12N2.C2H6/c1-6-4-9(2)5-7(6)3-8;1-2/h6-7H,4-5H2,1-2H3;1-2H3. The maximum absolute atomic E-state index is 8.58. The van der Waals surface area contributed by atoms with Crippen molar-refractivity contribution in [2.24, 2.45) is 11.8 Å². The molecule has 64 valence electrons. The first-order valence-electron chi connectivity index (χ1n) is 4.32. The van der Waals surface area contributed by atoms with E-state index in [1.807, 2.05) is 13.8 Å². The van der Waals surface area contributed by atoms with Crippen LogP contribution >= 0.6 is 0 Å². The van der Waals surface area contributed by atoms with E-state index in [9.17, 15) is 0 Å². The summed E-state index contributed by atoms with van der Waals surface area (Å²) in [4.78, 5) is 2.21. The number of likely N-dealkylation sites (tertiary alicyclic amines) is 1. The summed E-state index contributed by atoms with van der Waals surface area (Å²) in [6.45, 7) is 8.17. The van der Waals surface area contributed by atoms with E-state index >= 15 is 0 Å². The molecule has 2 atom stereocenters. The van der Waals surface area contributed by atoms with Gasteiger partial charge < -0.3 is 4.90 Å². The van der Waals surface area contributed by atoms with Crippen molar-refractivity contribution in [3.05, 3.63) is 0 Å². The Balaban J connectivity index is 0.000000461. The van der Waals surface area contributed by atoms with Crippen molar-refractivity contribution in [3.8, 4) is 6.07 Å². The molecule has 0 N–H and O–H groups in total. The van der Waals surface area contributed by atoms with Crippen LogP contribution in [-0.4, -0.2) is 25.0 Å². The molecule has 2 nitrogen and oxygen atoms in total. The molecule has 2 heteroatoms. The molecule has 11 heavy (non-hydrogen) atoms. The van der Waals surface area contributed by atoms with Crippen molar-refractivity contribution >= 4 is 0 Å². The van der Waals surface area contributed by atoms with Gasteiger partial charge in [-0.3, -0.25) is 0 Å². The number of rotatable bonds is 0. The highest BCUT2D eigenvalue weighted by Crippen LogP contribution is 2.19. The Morgan fingerprint density at radius 1 is 1.36 bits per heavy atom. The predicted molar refractivity (Wildman–Crippen MR) is 47.1 cm³/mol. The van der Waals surface area contributed by atoms with Crippen LogP contribution in [0, 0.1) is 23.2 Å². The molecule has 1 heterocycles. The molecular formula is C9H18N2. The zero-order valence-corrected chi connectivity index (χ0v) is 7.96. The van der Waals surface area contributed by atoms with Gasteiger partial charge in [-0.2, -0.15) is 5.26 Å². The lowest BCUT2D eigenvalue weighted by Crippen LogP contribution is -2.13. The average molecular weight is 154 g/mol. The largest absolute Gasteiger partial charge is 0.305 e. The quantitative estimate of drug-likeness (QED) is 0.531. The van der Waals surface area contributed by atoms with Crippen LogP contribution in [0.15, 0.2) is 0 Å². The zero-order valence-electron chi connectivity index (χ0n) is 7.96. The molecule has 1 saturated heterocycles. The van der Waals surface area contributed by atoms with Gasteiger partial charge in [0.25, 0.3) is 0 Å². The highest BCUT2D eigenvalue weighted by molar-refractivity contribution is 4.93. The van der Waals surface area contributed by atoms with Crippen molar-refractivity contribution in [2.45, 2.75) is 20.8 Å². The molecule has 0 saturated carbocycles. The molecule has 1 rings (SSSR count). The van der Waals surface area contributed by atoms with Crippen LogP contribution < -0.4 is 0 Å². The number of nitriles is 1. The minimum absolute atomic E-state index is 0.273. The molecular weight excluding hydrogens is 136 g/mol. The summed E-state index contributed by atoms with van der Waals surface area (Å²) in [6.07, 6.45) is 0. The van der Waals surface area contributed by atoms with Crippen LogP contribution in [-0.2, 0) is 0 Å². The summed E-state index contributed by atoms with van der Waals surface area (Å²) >= 11 is 0. The van der Waals surface area contributed by atoms with E-state index in [1.165, 1.54) is 0 Å². The Morgan fingerprint density at radius 3 is 2.09 bits per heavy atom. The SMILES string of the molecule is CC.CC1CN(C)CC1C#N. The normalized spacial score (nSPS) is 30.5. The summed E-state index contributed by atoms with van der Waals surface area (Å²) in [6, 6.07) is 2.30. The Bertz CT molecular complexity index is 137. The maximum Gasteiger partial charge on any atom is 0.0672 e. The summed E-state index contributed by atoms with van der Waals surface area (Å²) in [5, 5.41) is 8.58. The van der Waals surface area contributed by atoms with Gasteiger partial charge in [-0.05, 0) is 13.0 Å². The second-order valence-electron chi connectivity index (χ2n) is 2.93. The van der Waals surface area contributed by atoms with Gasteiger partial charge in [0, 0.05) is 13.1 Å². The highest BCUT2D eigenvalue weighted by atomic mass is 15.1. The molecule has 1 aliphatic heterocycles. The van der Waals surface area contributed by atoms with E-state index in [4.69, 9.17) is 5.26 Å². The fourth-order valence-electron chi connectivity index (χ4n) is 1.38. The number of nitrogens with zero attached hydrogens (tertiary/aromatic N) is 2. The van der Waals surface area contributed by atoms with Crippen molar-refractivity contribution in [1.82, 2.24) is 4.90 Å². The first kappa shape index (κ1) is 10.4. The molecule has 1 aliphatic rings. The summed E-state index contributed by atoms with van der Waals surface area (Å²) in [5.41, 5.74) is 0. The Labute approximate surface area is 69.8 Å². The minimum Gasteiger partial charge on any atom is -0.305 e. The van der Waals surface area contributed by atoms with Crippen molar-refractivity contribution in [2.75, 3.05) is 20.1 Å². The average Bonchev–Trinajstić information content (AvgIpc) is 2.33. The van der Waals surface area contributed by atoms with Gasteiger partial charge in [0.05, 0.1) is 12.0 Å². The lowest BCUT2D eigenvalue weighted by molar-refractivity contribution is 0.400. The molecule has 0 amide bonds. The predicted octanol–water partition coefficient (Wildman–Crippen LogP) is 1.73. The minimum atomic E-state index is 0.273. The van der Waals surface area contributed by atoms with Crippen LogP contribution in [0.2, 0.25) is 0 Å². The fourth-order valence-corrected chi connectivity index (χ4v) is 1.38. The molecule has 0 aromatic rings. The van der Waals surface area contributed by atoms with Crippen molar-refractivity contribution in [3.63, 3.8) is 0 Å². The monoisotopic (exact) mass is 154 g/mol. The topological polar surface area (TPSA) is 27.0 Å². The third kappa shape index (κ3) is 2.90. The number of hydrogen-bond acceptors (Lipinski definition) is 2. The summed E-state index contributed by atoms with van der Waals surface area (Å²) < 4.78 is 0. The van der Waals surface area contributed by atoms with Gasteiger partial charge in [0.15, 0.2) is 0 Å². The lowest BCUT2D eigenvalue weighted by atomic mass is 10.0. The Kier molecular flexibility index (Phi) is 4.89. The van der Waals surface area contributed by atoms with E-state index in [-0.39, 0.29) is 5.92 Å². The highest BCUT2D eigenvalue weighted by Gasteiger charge is 2.26. The third-order valence-electron chi connectivity index (χ3n) is 1.96. The first-order chi connectivity index (χ1) is 5.24. The molecule has 0 spiro atoms. The van der Waals surface area contributed by atoms with Gasteiger partial charge in [0.1, 0.15) is 0 Å². The van der Waals surface area contributed by atoms with Crippen LogP contribution in [0.3, 0.4) is 0 Å². The molecule has 0 aromatic carbocycles. The third-order valence-corrected chi connectivity index (χ3v) is 1.96. The second kappa shape index (κ2) is 5.15. The van der Waals surface area contributed by atoms with Gasteiger partial charge in [0.2, 0.25) is 0 Å². The molecule has 0 bridgehead atoms.